The van der Waals surface area contributed by atoms with Crippen LogP contribution < -0.4 is 11.1 Å². The highest BCUT2D eigenvalue weighted by molar-refractivity contribution is 5.96. The van der Waals surface area contributed by atoms with Gasteiger partial charge in [0.25, 0.3) is 0 Å². The van der Waals surface area contributed by atoms with Crippen LogP contribution in [0.15, 0.2) is 18.2 Å². The lowest BCUT2D eigenvalue weighted by Crippen LogP contribution is -2.47. The van der Waals surface area contributed by atoms with E-state index < -0.39 is 5.41 Å². The molecule has 0 unspecified atom stereocenters. The molecule has 1 aromatic carbocycles. The number of nitrogens with two attached hydrogens (primary N) is 1. The minimum atomic E-state index is -0.432. The standard InChI is InChI=1S/C13H17FN2O/c1-9-10(14)4-2-5-11(9)16-12(17)13(8-15)6-3-7-13/h2,4-5H,3,6-8,15H2,1H3,(H,16,17). The summed E-state index contributed by atoms with van der Waals surface area (Å²) in [6.07, 6.45) is 2.68. The molecule has 0 radical (unpaired) electrons. The van der Waals surface area contributed by atoms with Gasteiger partial charge in [-0.2, -0.15) is 0 Å². The van der Waals surface area contributed by atoms with Gasteiger partial charge in [-0.25, -0.2) is 4.39 Å². The molecule has 92 valence electrons. The van der Waals surface area contributed by atoms with Crippen LogP contribution in [0, 0.1) is 18.2 Å². The molecule has 3 nitrogen and oxygen atoms in total. The van der Waals surface area contributed by atoms with Crippen molar-refractivity contribution in [1.82, 2.24) is 0 Å². The lowest BCUT2D eigenvalue weighted by molar-refractivity contribution is -0.129. The number of carbonyl (C=O) groups excluding carboxylic acids is 1. The van der Waals surface area contributed by atoms with Crippen molar-refractivity contribution < 1.29 is 9.18 Å². The van der Waals surface area contributed by atoms with E-state index in [1.807, 2.05) is 0 Å². The first kappa shape index (κ1) is 12.0. The summed E-state index contributed by atoms with van der Waals surface area (Å²) in [7, 11) is 0. The van der Waals surface area contributed by atoms with E-state index in [-0.39, 0.29) is 11.7 Å². The van der Waals surface area contributed by atoms with Crippen LogP contribution in [0.3, 0.4) is 0 Å². The molecule has 17 heavy (non-hydrogen) atoms. The lowest BCUT2D eigenvalue weighted by atomic mass is 9.68. The maximum absolute atomic E-state index is 13.3. The molecule has 1 aliphatic rings. The average molecular weight is 236 g/mol. The first-order valence-corrected chi connectivity index (χ1v) is 5.86. The van der Waals surface area contributed by atoms with Crippen molar-refractivity contribution in [2.45, 2.75) is 26.2 Å². The number of hydrogen-bond donors (Lipinski definition) is 2. The number of benzene rings is 1. The second-order valence-electron chi connectivity index (χ2n) is 4.70. The molecule has 0 aromatic heterocycles. The van der Waals surface area contributed by atoms with Crippen LogP contribution in [0.25, 0.3) is 0 Å². The molecule has 0 saturated heterocycles. The summed E-state index contributed by atoms with van der Waals surface area (Å²) < 4.78 is 13.3. The maximum Gasteiger partial charge on any atom is 0.231 e. The van der Waals surface area contributed by atoms with E-state index in [2.05, 4.69) is 5.32 Å². The number of halogens is 1. The van der Waals surface area contributed by atoms with Gasteiger partial charge in [0.15, 0.2) is 0 Å². The molecule has 0 bridgehead atoms. The van der Waals surface area contributed by atoms with Crippen LogP contribution in [0.1, 0.15) is 24.8 Å². The summed E-state index contributed by atoms with van der Waals surface area (Å²) in [5.41, 5.74) is 6.23. The highest BCUT2D eigenvalue weighted by Gasteiger charge is 2.42. The predicted molar refractivity (Wildman–Crippen MR) is 65.1 cm³/mol. The van der Waals surface area contributed by atoms with Crippen molar-refractivity contribution in [3.8, 4) is 0 Å². The van der Waals surface area contributed by atoms with Crippen LogP contribution in [0.4, 0.5) is 10.1 Å². The summed E-state index contributed by atoms with van der Waals surface area (Å²) in [6.45, 7) is 2.01. The molecule has 1 saturated carbocycles. The Bertz CT molecular complexity index is 436. The van der Waals surface area contributed by atoms with Gasteiger partial charge in [0.1, 0.15) is 5.82 Å². The monoisotopic (exact) mass is 236 g/mol. The van der Waals surface area contributed by atoms with Crippen LogP contribution in [-0.4, -0.2) is 12.5 Å². The summed E-state index contributed by atoms with van der Waals surface area (Å²) in [4.78, 5) is 12.1. The van der Waals surface area contributed by atoms with Gasteiger partial charge >= 0.3 is 0 Å². The van der Waals surface area contributed by atoms with E-state index in [4.69, 9.17) is 5.73 Å². The van der Waals surface area contributed by atoms with E-state index in [1.165, 1.54) is 6.07 Å². The van der Waals surface area contributed by atoms with Gasteiger partial charge in [-0.05, 0) is 31.9 Å². The van der Waals surface area contributed by atoms with Gasteiger partial charge in [-0.1, -0.05) is 12.5 Å². The van der Waals surface area contributed by atoms with E-state index >= 15 is 0 Å². The number of anilines is 1. The van der Waals surface area contributed by atoms with Gasteiger partial charge in [0.05, 0.1) is 5.41 Å². The molecule has 0 spiro atoms. The molecule has 2 rings (SSSR count). The SMILES string of the molecule is Cc1c(F)cccc1NC(=O)C1(CN)CCC1. The number of rotatable bonds is 3. The van der Waals surface area contributed by atoms with Crippen molar-refractivity contribution in [2.75, 3.05) is 11.9 Å². The van der Waals surface area contributed by atoms with E-state index in [0.717, 1.165) is 19.3 Å². The van der Waals surface area contributed by atoms with Gasteiger partial charge in [0.2, 0.25) is 5.91 Å². The fourth-order valence-electron chi connectivity index (χ4n) is 2.13. The second-order valence-corrected chi connectivity index (χ2v) is 4.70. The second kappa shape index (κ2) is 4.45. The quantitative estimate of drug-likeness (QED) is 0.845. The topological polar surface area (TPSA) is 55.1 Å². The van der Waals surface area contributed by atoms with E-state index in [1.54, 1.807) is 19.1 Å². The molecule has 3 N–H and O–H groups in total. The smallest absolute Gasteiger partial charge is 0.231 e. The Labute approximate surface area is 100 Å². The van der Waals surface area contributed by atoms with Crippen LogP contribution >= 0.6 is 0 Å². The molecular formula is C13H17FN2O. The molecular weight excluding hydrogens is 219 g/mol. The molecule has 1 amide bonds. The zero-order valence-corrected chi connectivity index (χ0v) is 9.92. The highest BCUT2D eigenvalue weighted by Crippen LogP contribution is 2.41. The number of carbonyl (C=O) groups is 1. The first-order valence-electron chi connectivity index (χ1n) is 5.86. The number of amides is 1. The third-order valence-electron chi connectivity index (χ3n) is 3.70. The summed E-state index contributed by atoms with van der Waals surface area (Å²) >= 11 is 0. The molecule has 0 atom stereocenters. The molecule has 1 aromatic rings. The van der Waals surface area contributed by atoms with Crippen molar-refractivity contribution in [3.05, 3.63) is 29.6 Å². The first-order chi connectivity index (χ1) is 8.09. The van der Waals surface area contributed by atoms with Crippen molar-refractivity contribution in [3.63, 3.8) is 0 Å². The zero-order chi connectivity index (χ0) is 12.5. The Morgan fingerprint density at radius 1 is 1.53 bits per heavy atom. The van der Waals surface area contributed by atoms with Crippen LogP contribution in [0.5, 0.6) is 0 Å². The van der Waals surface area contributed by atoms with E-state index in [0.29, 0.717) is 17.8 Å². The number of nitrogens with one attached hydrogen (secondary N) is 1. The summed E-state index contributed by atoms with van der Waals surface area (Å²) in [6, 6.07) is 4.68. The third kappa shape index (κ3) is 2.05. The Hall–Kier alpha value is -1.42. The van der Waals surface area contributed by atoms with Crippen molar-refractivity contribution in [2.24, 2.45) is 11.1 Å². The van der Waals surface area contributed by atoms with Gasteiger partial charge in [0, 0.05) is 17.8 Å². The van der Waals surface area contributed by atoms with Gasteiger partial charge < -0.3 is 11.1 Å². The Morgan fingerprint density at radius 3 is 2.76 bits per heavy atom. The minimum absolute atomic E-state index is 0.0834. The number of hydrogen-bond acceptors (Lipinski definition) is 2. The lowest BCUT2D eigenvalue weighted by Gasteiger charge is -2.39. The average Bonchev–Trinajstić information content (AvgIpc) is 2.24. The largest absolute Gasteiger partial charge is 0.329 e. The third-order valence-corrected chi connectivity index (χ3v) is 3.70. The Morgan fingerprint density at radius 2 is 2.24 bits per heavy atom. The summed E-state index contributed by atoms with van der Waals surface area (Å²) in [5.74, 6) is -0.391. The fraction of sp³-hybridized carbons (Fsp3) is 0.462. The predicted octanol–water partition coefficient (Wildman–Crippen LogP) is 2.20. The molecule has 4 heteroatoms. The van der Waals surface area contributed by atoms with Gasteiger partial charge in [-0.15, -0.1) is 0 Å². The van der Waals surface area contributed by atoms with Crippen molar-refractivity contribution in [1.29, 1.82) is 0 Å². The molecule has 0 aliphatic heterocycles. The normalized spacial score (nSPS) is 17.4. The molecule has 1 fully saturated rings. The van der Waals surface area contributed by atoms with Crippen molar-refractivity contribution >= 4 is 11.6 Å². The van der Waals surface area contributed by atoms with Crippen LogP contribution in [0.2, 0.25) is 0 Å². The van der Waals surface area contributed by atoms with Gasteiger partial charge in [-0.3, -0.25) is 4.79 Å². The van der Waals surface area contributed by atoms with Crippen LogP contribution in [-0.2, 0) is 4.79 Å². The Balaban J connectivity index is 2.16. The maximum atomic E-state index is 13.3. The summed E-state index contributed by atoms with van der Waals surface area (Å²) in [5, 5.41) is 2.79. The highest BCUT2D eigenvalue weighted by atomic mass is 19.1. The van der Waals surface area contributed by atoms with E-state index in [9.17, 15) is 9.18 Å². The zero-order valence-electron chi connectivity index (χ0n) is 9.92. The molecule has 0 heterocycles. The Kier molecular flexibility index (Phi) is 3.15. The molecule has 1 aliphatic carbocycles. The minimum Gasteiger partial charge on any atom is -0.329 e. The fourth-order valence-corrected chi connectivity index (χ4v) is 2.13.